The third-order valence-electron chi connectivity index (χ3n) is 3.53. The molecule has 1 amide bonds. The maximum Gasteiger partial charge on any atom is 0.280 e. The summed E-state index contributed by atoms with van der Waals surface area (Å²) in [6, 6.07) is 11.4. The fraction of sp³-hybridized carbons (Fsp3) is 0.0588. The molecule has 7 nitrogen and oxygen atoms in total. The van der Waals surface area contributed by atoms with Crippen molar-refractivity contribution in [3.63, 3.8) is 0 Å². The van der Waals surface area contributed by atoms with Crippen LogP contribution in [0.5, 0.6) is 0 Å². The second-order valence-electron chi connectivity index (χ2n) is 5.40. The van der Waals surface area contributed by atoms with Crippen molar-refractivity contribution in [2.75, 3.05) is 5.32 Å². The molecule has 0 aliphatic rings. The Balaban J connectivity index is 1.42. The molecule has 4 rings (SSSR count). The van der Waals surface area contributed by atoms with Crippen molar-refractivity contribution in [3.8, 4) is 10.6 Å². The van der Waals surface area contributed by atoms with E-state index in [0.717, 1.165) is 10.4 Å². The lowest BCUT2D eigenvalue weighted by Crippen LogP contribution is -2.13. The van der Waals surface area contributed by atoms with E-state index in [1.54, 1.807) is 22.9 Å². The van der Waals surface area contributed by atoms with Gasteiger partial charge in [-0.25, -0.2) is 14.1 Å². The number of aromatic nitrogens is 4. The van der Waals surface area contributed by atoms with Gasteiger partial charge in [0.2, 0.25) is 5.95 Å². The zero-order valence-electron chi connectivity index (χ0n) is 13.3. The standard InChI is InChI=1S/C17H12FN5O2S/c18-12-5-3-11(4-6-12)9-23-10-19-17(21-23)20-16(24)13-8-14(25-22-13)15-2-1-7-26-15/h1-8,10H,9H2,(H,20,21,24). The number of carbonyl (C=O) groups is 1. The molecular weight excluding hydrogens is 357 g/mol. The molecule has 0 atom stereocenters. The van der Waals surface area contributed by atoms with Gasteiger partial charge in [0.25, 0.3) is 5.91 Å². The zero-order chi connectivity index (χ0) is 17.9. The van der Waals surface area contributed by atoms with Crippen LogP contribution in [-0.2, 0) is 6.54 Å². The van der Waals surface area contributed by atoms with E-state index in [2.05, 4.69) is 20.6 Å². The molecule has 26 heavy (non-hydrogen) atoms. The van der Waals surface area contributed by atoms with Gasteiger partial charge in [-0.05, 0) is 29.1 Å². The van der Waals surface area contributed by atoms with Crippen LogP contribution in [0.4, 0.5) is 10.3 Å². The summed E-state index contributed by atoms with van der Waals surface area (Å²) in [5.41, 5.74) is 1.01. The van der Waals surface area contributed by atoms with Gasteiger partial charge in [0, 0.05) is 6.07 Å². The number of thiophene rings is 1. The van der Waals surface area contributed by atoms with Crippen molar-refractivity contribution in [3.05, 3.63) is 71.2 Å². The maximum absolute atomic E-state index is 12.9. The lowest BCUT2D eigenvalue weighted by molar-refractivity contribution is 0.101. The Morgan fingerprint density at radius 2 is 2.12 bits per heavy atom. The van der Waals surface area contributed by atoms with Crippen molar-refractivity contribution in [2.24, 2.45) is 0 Å². The smallest absolute Gasteiger partial charge is 0.280 e. The minimum absolute atomic E-state index is 0.142. The zero-order valence-corrected chi connectivity index (χ0v) is 14.1. The average Bonchev–Trinajstić information content (AvgIpc) is 3.38. The summed E-state index contributed by atoms with van der Waals surface area (Å²) >= 11 is 1.49. The van der Waals surface area contributed by atoms with Crippen LogP contribution in [0.3, 0.4) is 0 Å². The van der Waals surface area contributed by atoms with Crippen LogP contribution in [-0.4, -0.2) is 25.8 Å². The first-order chi connectivity index (χ1) is 12.7. The molecule has 1 aromatic carbocycles. The van der Waals surface area contributed by atoms with Gasteiger partial charge >= 0.3 is 0 Å². The first-order valence-corrected chi connectivity index (χ1v) is 8.51. The molecule has 0 spiro atoms. The van der Waals surface area contributed by atoms with Gasteiger partial charge in [0.15, 0.2) is 11.5 Å². The average molecular weight is 369 g/mol. The predicted molar refractivity (Wildman–Crippen MR) is 93.3 cm³/mol. The van der Waals surface area contributed by atoms with Gasteiger partial charge < -0.3 is 4.52 Å². The number of hydrogen-bond acceptors (Lipinski definition) is 6. The van der Waals surface area contributed by atoms with Crippen molar-refractivity contribution in [1.29, 1.82) is 0 Å². The highest BCUT2D eigenvalue weighted by Gasteiger charge is 2.16. The topological polar surface area (TPSA) is 85.8 Å². The molecule has 9 heteroatoms. The Hall–Kier alpha value is -3.33. The van der Waals surface area contributed by atoms with Crippen LogP contribution in [0.1, 0.15) is 16.1 Å². The van der Waals surface area contributed by atoms with E-state index >= 15 is 0 Å². The molecule has 1 N–H and O–H groups in total. The normalized spacial score (nSPS) is 10.8. The Bertz CT molecular complexity index is 1020. The van der Waals surface area contributed by atoms with Gasteiger partial charge in [-0.1, -0.05) is 23.4 Å². The van der Waals surface area contributed by atoms with Crippen LogP contribution in [0.25, 0.3) is 10.6 Å². The van der Waals surface area contributed by atoms with E-state index < -0.39 is 5.91 Å². The quantitative estimate of drug-likeness (QED) is 0.582. The Labute approximate surface area is 151 Å². The molecule has 130 valence electrons. The Kier molecular flexibility index (Phi) is 4.28. The monoisotopic (exact) mass is 369 g/mol. The fourth-order valence-corrected chi connectivity index (χ4v) is 2.96. The SMILES string of the molecule is O=C(Nc1ncn(Cc2ccc(F)cc2)n1)c1cc(-c2cccs2)on1. The third kappa shape index (κ3) is 3.52. The number of rotatable bonds is 5. The number of benzene rings is 1. The fourth-order valence-electron chi connectivity index (χ4n) is 2.29. The number of amides is 1. The molecule has 0 aliphatic heterocycles. The van der Waals surface area contributed by atoms with Gasteiger partial charge in [-0.3, -0.25) is 10.1 Å². The highest BCUT2D eigenvalue weighted by Crippen LogP contribution is 2.25. The maximum atomic E-state index is 12.9. The first-order valence-electron chi connectivity index (χ1n) is 7.63. The summed E-state index contributed by atoms with van der Waals surface area (Å²) in [6.07, 6.45) is 1.48. The summed E-state index contributed by atoms with van der Waals surface area (Å²) in [7, 11) is 0. The van der Waals surface area contributed by atoms with Gasteiger partial charge in [0.1, 0.15) is 12.1 Å². The third-order valence-corrected chi connectivity index (χ3v) is 4.41. The van der Waals surface area contributed by atoms with Gasteiger partial charge in [-0.15, -0.1) is 16.4 Å². The first kappa shape index (κ1) is 16.2. The molecule has 0 aliphatic carbocycles. The minimum Gasteiger partial charge on any atom is -0.355 e. The molecule has 0 fully saturated rings. The van der Waals surface area contributed by atoms with E-state index in [9.17, 15) is 9.18 Å². The second-order valence-corrected chi connectivity index (χ2v) is 6.35. The molecule has 0 radical (unpaired) electrons. The second kappa shape index (κ2) is 6.89. The highest BCUT2D eigenvalue weighted by molar-refractivity contribution is 7.13. The number of hydrogen-bond donors (Lipinski definition) is 1. The molecule has 4 aromatic rings. The number of nitrogens with one attached hydrogen (secondary N) is 1. The molecule has 0 saturated carbocycles. The Morgan fingerprint density at radius 3 is 2.88 bits per heavy atom. The molecule has 3 heterocycles. The van der Waals surface area contributed by atoms with E-state index in [4.69, 9.17) is 4.52 Å². The number of anilines is 1. The van der Waals surface area contributed by atoms with Crippen LogP contribution in [0, 0.1) is 5.82 Å². The molecule has 0 unspecified atom stereocenters. The van der Waals surface area contributed by atoms with E-state index in [-0.39, 0.29) is 17.5 Å². The molecule has 0 bridgehead atoms. The lowest BCUT2D eigenvalue weighted by Gasteiger charge is -2.00. The number of nitrogens with zero attached hydrogens (tertiary/aromatic N) is 4. The minimum atomic E-state index is -0.462. The summed E-state index contributed by atoms with van der Waals surface area (Å²) < 4.78 is 19.7. The van der Waals surface area contributed by atoms with Gasteiger partial charge in [0.05, 0.1) is 11.4 Å². The summed E-state index contributed by atoms with van der Waals surface area (Å²) in [5, 5.41) is 12.4. The van der Waals surface area contributed by atoms with E-state index in [1.807, 2.05) is 17.5 Å². The molecule has 0 saturated heterocycles. The lowest BCUT2D eigenvalue weighted by atomic mass is 10.2. The summed E-state index contributed by atoms with van der Waals surface area (Å²) in [4.78, 5) is 17.2. The largest absolute Gasteiger partial charge is 0.355 e. The summed E-state index contributed by atoms with van der Waals surface area (Å²) in [5.74, 6) is -0.0800. The van der Waals surface area contributed by atoms with Crippen molar-refractivity contribution < 1.29 is 13.7 Å². The van der Waals surface area contributed by atoms with Crippen LogP contribution in [0.2, 0.25) is 0 Å². The highest BCUT2D eigenvalue weighted by atomic mass is 32.1. The van der Waals surface area contributed by atoms with Crippen molar-refractivity contribution in [2.45, 2.75) is 6.54 Å². The van der Waals surface area contributed by atoms with E-state index in [0.29, 0.717) is 12.3 Å². The van der Waals surface area contributed by atoms with Crippen LogP contribution in [0.15, 0.2) is 58.7 Å². The van der Waals surface area contributed by atoms with Crippen molar-refractivity contribution >= 4 is 23.2 Å². The number of carbonyl (C=O) groups excluding carboxylic acids is 1. The van der Waals surface area contributed by atoms with Crippen molar-refractivity contribution in [1.82, 2.24) is 19.9 Å². The predicted octanol–water partition coefficient (Wildman–Crippen LogP) is 3.43. The van der Waals surface area contributed by atoms with E-state index in [1.165, 1.54) is 29.8 Å². The van der Waals surface area contributed by atoms with Crippen LogP contribution >= 0.6 is 11.3 Å². The molecular formula is C17H12FN5O2S. The summed E-state index contributed by atoms with van der Waals surface area (Å²) in [6.45, 7) is 0.412. The molecule has 3 aromatic heterocycles. The van der Waals surface area contributed by atoms with Gasteiger partial charge in [-0.2, -0.15) is 0 Å². The Morgan fingerprint density at radius 1 is 1.27 bits per heavy atom. The number of halogens is 1. The van der Waals surface area contributed by atoms with Crippen LogP contribution < -0.4 is 5.32 Å².